The van der Waals surface area contributed by atoms with Crippen molar-refractivity contribution in [2.45, 2.75) is 13.5 Å². The first kappa shape index (κ1) is 11.7. The van der Waals surface area contributed by atoms with Gasteiger partial charge in [-0.2, -0.15) is 0 Å². The molecule has 1 aliphatic rings. The Bertz CT molecular complexity index is 752. The minimum absolute atomic E-state index is 0.238. The van der Waals surface area contributed by atoms with Crippen LogP contribution >= 0.6 is 0 Å². The van der Waals surface area contributed by atoms with E-state index in [0.29, 0.717) is 0 Å². The molecule has 1 aliphatic heterocycles. The van der Waals surface area contributed by atoms with Crippen molar-refractivity contribution < 1.29 is 4.74 Å². The number of benzene rings is 1. The number of rotatable bonds is 3. The Kier molecular flexibility index (Phi) is 2.47. The van der Waals surface area contributed by atoms with Crippen LogP contribution in [-0.2, 0) is 11.3 Å². The Hall–Kier alpha value is -2.07. The number of H-pyrrole nitrogens is 1. The van der Waals surface area contributed by atoms with Crippen molar-refractivity contribution in [3.05, 3.63) is 42.9 Å². The number of nitrogens with zero attached hydrogens (tertiary/aromatic N) is 2. The quantitative estimate of drug-likeness (QED) is 0.792. The number of nitrogens with one attached hydrogen (secondary N) is 1. The van der Waals surface area contributed by atoms with Gasteiger partial charge in [-0.3, -0.25) is 0 Å². The monoisotopic (exact) mass is 267 g/mol. The number of aromatic nitrogens is 3. The molecule has 2 aromatic heterocycles. The summed E-state index contributed by atoms with van der Waals surface area (Å²) in [5, 5.41) is 1.22. The predicted molar refractivity (Wildman–Crippen MR) is 78.4 cm³/mol. The van der Waals surface area contributed by atoms with Crippen molar-refractivity contribution in [3.63, 3.8) is 0 Å². The molecular formula is C16H17N3O. The molecule has 0 amide bonds. The first-order valence-electron chi connectivity index (χ1n) is 6.91. The SMILES string of the molecule is CC1(Cn2ccnc2-c2cccc3[nH]ccc23)COC1. The molecule has 1 saturated heterocycles. The Morgan fingerprint density at radius 3 is 3.05 bits per heavy atom. The molecule has 1 aromatic carbocycles. The zero-order valence-electron chi connectivity index (χ0n) is 11.5. The van der Waals surface area contributed by atoms with E-state index in [9.17, 15) is 0 Å². The first-order valence-corrected chi connectivity index (χ1v) is 6.91. The molecule has 1 fully saturated rings. The van der Waals surface area contributed by atoms with Gasteiger partial charge >= 0.3 is 0 Å². The van der Waals surface area contributed by atoms with E-state index in [0.717, 1.165) is 31.1 Å². The van der Waals surface area contributed by atoms with Crippen molar-refractivity contribution >= 4 is 10.9 Å². The lowest BCUT2D eigenvalue weighted by atomic mass is 9.88. The van der Waals surface area contributed by atoms with Crippen LogP contribution in [0.1, 0.15) is 6.92 Å². The molecule has 0 saturated carbocycles. The van der Waals surface area contributed by atoms with Crippen molar-refractivity contribution in [1.29, 1.82) is 0 Å². The molecule has 4 heteroatoms. The third kappa shape index (κ3) is 1.76. The third-order valence-electron chi connectivity index (χ3n) is 4.00. The smallest absolute Gasteiger partial charge is 0.140 e. The molecule has 20 heavy (non-hydrogen) atoms. The molecule has 102 valence electrons. The van der Waals surface area contributed by atoms with Crippen LogP contribution in [0.15, 0.2) is 42.9 Å². The minimum Gasteiger partial charge on any atom is -0.380 e. The summed E-state index contributed by atoms with van der Waals surface area (Å²) in [6.07, 6.45) is 5.91. The average molecular weight is 267 g/mol. The zero-order chi connectivity index (χ0) is 13.6. The summed E-state index contributed by atoms with van der Waals surface area (Å²) >= 11 is 0. The van der Waals surface area contributed by atoms with E-state index in [-0.39, 0.29) is 5.41 Å². The summed E-state index contributed by atoms with van der Waals surface area (Å²) in [7, 11) is 0. The Morgan fingerprint density at radius 1 is 1.35 bits per heavy atom. The molecule has 1 N–H and O–H groups in total. The lowest BCUT2D eigenvalue weighted by molar-refractivity contribution is -0.109. The van der Waals surface area contributed by atoms with Gasteiger partial charge in [0.1, 0.15) is 5.82 Å². The summed E-state index contributed by atoms with van der Waals surface area (Å²) in [6, 6.07) is 8.40. The van der Waals surface area contributed by atoms with Crippen LogP contribution in [0.3, 0.4) is 0 Å². The number of fused-ring (bicyclic) bond motifs is 1. The summed E-state index contributed by atoms with van der Waals surface area (Å²) in [4.78, 5) is 7.82. The maximum atomic E-state index is 5.35. The lowest BCUT2D eigenvalue weighted by Crippen LogP contribution is -2.43. The molecule has 0 bridgehead atoms. The van der Waals surface area contributed by atoms with E-state index < -0.39 is 0 Å². The van der Waals surface area contributed by atoms with Gasteiger partial charge < -0.3 is 14.3 Å². The number of hydrogen-bond acceptors (Lipinski definition) is 2. The first-order chi connectivity index (χ1) is 9.75. The molecule has 4 nitrogen and oxygen atoms in total. The normalized spacial score (nSPS) is 17.2. The maximum Gasteiger partial charge on any atom is 0.140 e. The molecule has 0 aliphatic carbocycles. The van der Waals surface area contributed by atoms with Gasteiger partial charge in [-0.05, 0) is 12.1 Å². The van der Waals surface area contributed by atoms with Crippen molar-refractivity contribution in [3.8, 4) is 11.4 Å². The Balaban J connectivity index is 1.79. The molecule has 0 atom stereocenters. The molecule has 0 spiro atoms. The molecule has 4 rings (SSSR count). The molecular weight excluding hydrogens is 250 g/mol. The number of aromatic amines is 1. The summed E-state index contributed by atoms with van der Waals surface area (Å²) in [5.74, 6) is 1.03. The summed E-state index contributed by atoms with van der Waals surface area (Å²) in [5.41, 5.74) is 2.56. The van der Waals surface area contributed by atoms with Crippen LogP contribution < -0.4 is 0 Å². The van der Waals surface area contributed by atoms with E-state index in [1.54, 1.807) is 0 Å². The number of hydrogen-bond donors (Lipinski definition) is 1. The topological polar surface area (TPSA) is 42.8 Å². The van der Waals surface area contributed by atoms with Gasteiger partial charge in [0.05, 0.1) is 13.2 Å². The van der Waals surface area contributed by atoms with E-state index in [1.165, 1.54) is 10.9 Å². The van der Waals surface area contributed by atoms with E-state index in [4.69, 9.17) is 4.74 Å². The highest BCUT2D eigenvalue weighted by Gasteiger charge is 2.34. The zero-order valence-corrected chi connectivity index (χ0v) is 11.5. The minimum atomic E-state index is 0.238. The third-order valence-corrected chi connectivity index (χ3v) is 4.00. The fourth-order valence-corrected chi connectivity index (χ4v) is 2.91. The number of imidazole rings is 1. The van der Waals surface area contributed by atoms with Crippen LogP contribution in [0.2, 0.25) is 0 Å². The largest absolute Gasteiger partial charge is 0.380 e. The van der Waals surface area contributed by atoms with Gasteiger partial charge in [-0.1, -0.05) is 19.1 Å². The second kappa shape index (κ2) is 4.21. The van der Waals surface area contributed by atoms with Crippen LogP contribution in [0.4, 0.5) is 0 Å². The Labute approximate surface area is 117 Å². The molecule has 0 unspecified atom stereocenters. The van der Waals surface area contributed by atoms with E-state index >= 15 is 0 Å². The fraction of sp³-hybridized carbons (Fsp3) is 0.312. The van der Waals surface area contributed by atoms with Gasteiger partial charge in [0, 0.05) is 47.0 Å². The standard InChI is InChI=1S/C16H17N3O/c1-16(10-20-11-16)9-19-8-7-18-15(19)13-3-2-4-14-12(13)5-6-17-14/h2-8,17H,9-11H2,1H3. The van der Waals surface area contributed by atoms with Crippen molar-refractivity contribution in [1.82, 2.24) is 14.5 Å². The van der Waals surface area contributed by atoms with Crippen LogP contribution in [0.25, 0.3) is 22.3 Å². The molecule has 3 aromatic rings. The fourth-order valence-electron chi connectivity index (χ4n) is 2.91. The highest BCUT2D eigenvalue weighted by atomic mass is 16.5. The van der Waals surface area contributed by atoms with Gasteiger partial charge in [-0.25, -0.2) is 4.98 Å². The van der Waals surface area contributed by atoms with Crippen molar-refractivity contribution in [2.24, 2.45) is 5.41 Å². The second-order valence-corrected chi connectivity index (χ2v) is 5.93. The van der Waals surface area contributed by atoms with Crippen LogP contribution in [0, 0.1) is 5.41 Å². The second-order valence-electron chi connectivity index (χ2n) is 5.93. The van der Waals surface area contributed by atoms with E-state index in [2.05, 4.69) is 51.9 Å². The maximum absolute atomic E-state index is 5.35. The highest BCUT2D eigenvalue weighted by Crippen LogP contribution is 2.32. The van der Waals surface area contributed by atoms with Gasteiger partial charge in [-0.15, -0.1) is 0 Å². The summed E-state index contributed by atoms with van der Waals surface area (Å²) in [6.45, 7) is 4.87. The van der Waals surface area contributed by atoms with Crippen molar-refractivity contribution in [2.75, 3.05) is 13.2 Å². The van der Waals surface area contributed by atoms with Gasteiger partial charge in [0.15, 0.2) is 0 Å². The summed E-state index contributed by atoms with van der Waals surface area (Å²) < 4.78 is 7.59. The van der Waals surface area contributed by atoms with Gasteiger partial charge in [0.2, 0.25) is 0 Å². The average Bonchev–Trinajstić information content (AvgIpc) is 3.04. The van der Waals surface area contributed by atoms with E-state index in [1.807, 2.05) is 12.4 Å². The van der Waals surface area contributed by atoms with Crippen LogP contribution in [-0.4, -0.2) is 27.7 Å². The molecule has 0 radical (unpaired) electrons. The lowest BCUT2D eigenvalue weighted by Gasteiger charge is -2.38. The Morgan fingerprint density at radius 2 is 2.25 bits per heavy atom. The molecule has 3 heterocycles. The number of ether oxygens (including phenoxy) is 1. The van der Waals surface area contributed by atoms with Gasteiger partial charge in [0.25, 0.3) is 0 Å². The van der Waals surface area contributed by atoms with Crippen LogP contribution in [0.5, 0.6) is 0 Å². The predicted octanol–water partition coefficient (Wildman–Crippen LogP) is 3.07. The highest BCUT2D eigenvalue weighted by molar-refractivity contribution is 5.93.